The molecule has 0 saturated carbocycles. The van der Waals surface area contributed by atoms with Crippen molar-refractivity contribution in [3.8, 4) is 5.69 Å². The number of aryl methyl sites for hydroxylation is 1. The number of pyridine rings is 1. The number of benzene rings is 2. The van der Waals surface area contributed by atoms with E-state index in [9.17, 15) is 13.2 Å². The molecule has 0 amide bonds. The second kappa shape index (κ2) is 9.26. The van der Waals surface area contributed by atoms with Crippen LogP contribution in [-0.4, -0.2) is 14.7 Å². The zero-order chi connectivity index (χ0) is 25.6. The summed E-state index contributed by atoms with van der Waals surface area (Å²) in [7, 11) is 0. The summed E-state index contributed by atoms with van der Waals surface area (Å²) in [6, 6.07) is 19.9. The fourth-order valence-electron chi connectivity index (χ4n) is 4.86. The molecule has 9 heteroatoms. The zero-order valence-electron chi connectivity index (χ0n) is 19.4. The Balaban J connectivity index is 1.67. The summed E-state index contributed by atoms with van der Waals surface area (Å²) in [5, 5.41) is 4.55. The number of alkyl halides is 3. The van der Waals surface area contributed by atoms with Crippen LogP contribution < -0.4 is 10.2 Å². The van der Waals surface area contributed by atoms with Gasteiger partial charge < -0.3 is 14.8 Å². The molecule has 2 aromatic heterocycles. The van der Waals surface area contributed by atoms with Gasteiger partial charge in [-0.05, 0) is 92.3 Å². The second-order valence-corrected chi connectivity index (χ2v) is 9.51. The van der Waals surface area contributed by atoms with Crippen LogP contribution in [0.15, 0.2) is 79.0 Å². The van der Waals surface area contributed by atoms with Crippen molar-refractivity contribution in [1.82, 2.24) is 14.9 Å². The van der Waals surface area contributed by atoms with E-state index in [1.54, 1.807) is 24.4 Å². The number of aromatic nitrogens is 2. The summed E-state index contributed by atoms with van der Waals surface area (Å²) in [4.78, 5) is 6.58. The molecule has 2 aromatic carbocycles. The minimum absolute atomic E-state index is 0.273. The van der Waals surface area contributed by atoms with Gasteiger partial charge in [0.2, 0.25) is 0 Å². The molecule has 0 aliphatic carbocycles. The van der Waals surface area contributed by atoms with Gasteiger partial charge in [-0.3, -0.25) is 4.98 Å². The minimum Gasteiger partial charge on any atom is -0.351 e. The van der Waals surface area contributed by atoms with E-state index in [2.05, 4.69) is 10.3 Å². The first-order valence-corrected chi connectivity index (χ1v) is 12.1. The lowest BCUT2D eigenvalue weighted by atomic mass is 9.96. The molecule has 2 atom stereocenters. The van der Waals surface area contributed by atoms with Crippen LogP contribution in [0.5, 0.6) is 0 Å². The lowest BCUT2D eigenvalue weighted by Gasteiger charge is -2.28. The van der Waals surface area contributed by atoms with E-state index in [0.29, 0.717) is 15.8 Å². The minimum atomic E-state index is -4.43. The molecule has 184 valence electrons. The predicted octanol–water partition coefficient (Wildman–Crippen LogP) is 7.34. The lowest BCUT2D eigenvalue weighted by Crippen LogP contribution is -2.29. The summed E-state index contributed by atoms with van der Waals surface area (Å²) in [6.45, 7) is 3.80. The Morgan fingerprint density at radius 2 is 1.69 bits per heavy atom. The number of nitrogens with one attached hydrogen (secondary N) is 1. The van der Waals surface area contributed by atoms with Crippen LogP contribution >= 0.6 is 23.8 Å². The maximum absolute atomic E-state index is 13.4. The average molecular weight is 527 g/mol. The van der Waals surface area contributed by atoms with E-state index in [1.165, 1.54) is 12.1 Å². The summed E-state index contributed by atoms with van der Waals surface area (Å²) in [5.74, 6) is 0. The largest absolute Gasteiger partial charge is 0.416 e. The van der Waals surface area contributed by atoms with Crippen LogP contribution in [0, 0.1) is 13.8 Å². The van der Waals surface area contributed by atoms with E-state index in [1.807, 2.05) is 59.7 Å². The van der Waals surface area contributed by atoms with Gasteiger partial charge in [0.25, 0.3) is 0 Å². The number of thiocarbonyl (C=S) groups is 1. The summed E-state index contributed by atoms with van der Waals surface area (Å²) < 4.78 is 42.1. The number of hydrogen-bond donors (Lipinski definition) is 1. The molecule has 4 aromatic rings. The molecule has 1 fully saturated rings. The summed E-state index contributed by atoms with van der Waals surface area (Å²) in [5.41, 5.74) is 4.00. The molecule has 1 N–H and O–H groups in total. The molecule has 1 aliphatic rings. The van der Waals surface area contributed by atoms with Crippen molar-refractivity contribution in [2.24, 2.45) is 0 Å². The normalized spacial score (nSPS) is 17.9. The van der Waals surface area contributed by atoms with Crippen molar-refractivity contribution in [1.29, 1.82) is 0 Å². The lowest BCUT2D eigenvalue weighted by molar-refractivity contribution is -0.137. The van der Waals surface area contributed by atoms with Crippen LogP contribution in [-0.2, 0) is 6.18 Å². The average Bonchev–Trinajstić information content (AvgIpc) is 3.35. The molecule has 0 radical (unpaired) electrons. The van der Waals surface area contributed by atoms with Gasteiger partial charge in [0.1, 0.15) is 0 Å². The number of nitrogens with zero attached hydrogens (tertiary/aromatic N) is 3. The molecular formula is C27H22ClF3N4S. The first-order chi connectivity index (χ1) is 17.1. The summed E-state index contributed by atoms with van der Waals surface area (Å²) in [6.07, 6.45) is -2.70. The Hall–Kier alpha value is -3.36. The maximum atomic E-state index is 13.4. The topological polar surface area (TPSA) is 33.1 Å². The van der Waals surface area contributed by atoms with Crippen molar-refractivity contribution < 1.29 is 13.2 Å². The fourth-order valence-corrected chi connectivity index (χ4v) is 5.33. The van der Waals surface area contributed by atoms with Gasteiger partial charge in [-0.1, -0.05) is 23.7 Å². The zero-order valence-corrected chi connectivity index (χ0v) is 21.0. The molecule has 4 nitrogen and oxygen atoms in total. The molecule has 1 saturated heterocycles. The quantitative estimate of drug-likeness (QED) is 0.282. The van der Waals surface area contributed by atoms with E-state index in [4.69, 9.17) is 23.8 Å². The molecule has 0 unspecified atom stereocenters. The van der Waals surface area contributed by atoms with E-state index >= 15 is 0 Å². The second-order valence-electron chi connectivity index (χ2n) is 8.68. The third-order valence-corrected chi connectivity index (χ3v) is 6.99. The van der Waals surface area contributed by atoms with Crippen LogP contribution in [0.1, 0.15) is 40.3 Å². The van der Waals surface area contributed by atoms with Crippen molar-refractivity contribution in [2.45, 2.75) is 32.1 Å². The molecule has 1 aliphatic heterocycles. The van der Waals surface area contributed by atoms with Gasteiger partial charge in [-0.25, -0.2) is 0 Å². The van der Waals surface area contributed by atoms with Crippen molar-refractivity contribution in [2.75, 3.05) is 4.90 Å². The molecular weight excluding hydrogens is 505 g/mol. The number of halogens is 4. The van der Waals surface area contributed by atoms with Crippen molar-refractivity contribution in [3.05, 3.63) is 112 Å². The number of hydrogen-bond acceptors (Lipinski definition) is 2. The maximum Gasteiger partial charge on any atom is 0.416 e. The smallest absolute Gasteiger partial charge is 0.351 e. The highest BCUT2D eigenvalue weighted by Gasteiger charge is 2.42. The molecule has 36 heavy (non-hydrogen) atoms. The summed E-state index contributed by atoms with van der Waals surface area (Å²) >= 11 is 11.9. The molecule has 0 bridgehead atoms. The third kappa shape index (κ3) is 4.35. The third-order valence-electron chi connectivity index (χ3n) is 6.42. The van der Waals surface area contributed by atoms with Crippen molar-refractivity contribution >= 4 is 34.6 Å². The SMILES string of the molecule is Cc1cc([C@H]2[C@@H](c3ccccn3)NC(=S)N2c2ccc(Cl)cc2)c(C)n1-c1cccc(C(F)(F)F)c1. The van der Waals surface area contributed by atoms with Crippen LogP contribution in [0.25, 0.3) is 5.69 Å². The highest BCUT2D eigenvalue weighted by Crippen LogP contribution is 2.44. The standard InChI is InChI=1S/C27H22ClF3N4S/c1-16-14-22(17(2)34(16)21-7-5-6-18(15-21)27(29,30)31)25-24(23-8-3-4-13-32-23)33-26(36)35(25)20-11-9-19(28)10-12-20/h3-15,24-25H,1-2H3,(H,33,36)/t24-,25+/m1/s1. The fraction of sp³-hybridized carbons (Fsp3) is 0.185. The molecule has 0 spiro atoms. The highest BCUT2D eigenvalue weighted by atomic mass is 35.5. The van der Waals surface area contributed by atoms with Crippen LogP contribution in [0.4, 0.5) is 18.9 Å². The Morgan fingerprint density at radius 3 is 2.36 bits per heavy atom. The van der Waals surface area contributed by atoms with E-state index < -0.39 is 11.7 Å². The van der Waals surface area contributed by atoms with E-state index in [-0.39, 0.29) is 12.1 Å². The van der Waals surface area contributed by atoms with E-state index in [0.717, 1.165) is 34.4 Å². The van der Waals surface area contributed by atoms with Gasteiger partial charge >= 0.3 is 6.18 Å². The Morgan fingerprint density at radius 1 is 0.944 bits per heavy atom. The molecule has 3 heterocycles. The molecule has 5 rings (SSSR count). The number of anilines is 1. The number of rotatable bonds is 4. The van der Waals surface area contributed by atoms with Gasteiger partial charge in [-0.2, -0.15) is 13.2 Å². The highest BCUT2D eigenvalue weighted by molar-refractivity contribution is 7.80. The first-order valence-electron chi connectivity index (χ1n) is 11.3. The van der Waals surface area contributed by atoms with Crippen molar-refractivity contribution in [3.63, 3.8) is 0 Å². The Labute approximate surface area is 217 Å². The van der Waals surface area contributed by atoms with Gasteiger partial charge in [0.15, 0.2) is 5.11 Å². The monoisotopic (exact) mass is 526 g/mol. The van der Waals surface area contributed by atoms with Gasteiger partial charge in [0, 0.05) is 34.0 Å². The predicted molar refractivity (Wildman–Crippen MR) is 140 cm³/mol. The van der Waals surface area contributed by atoms with Crippen LogP contribution in [0.2, 0.25) is 5.02 Å². The first kappa shape index (κ1) is 24.3. The van der Waals surface area contributed by atoms with Gasteiger partial charge in [-0.15, -0.1) is 0 Å². The van der Waals surface area contributed by atoms with Crippen LogP contribution in [0.3, 0.4) is 0 Å². The van der Waals surface area contributed by atoms with Gasteiger partial charge in [0.05, 0.1) is 23.3 Å². The Kier molecular flexibility index (Phi) is 6.26. The Bertz CT molecular complexity index is 1420.